The molecule has 0 radical (unpaired) electrons. The summed E-state index contributed by atoms with van der Waals surface area (Å²) in [5.74, 6) is 0.473. The molecule has 0 amide bonds. The van der Waals surface area contributed by atoms with Gasteiger partial charge in [-0.1, -0.05) is 85.9 Å². The second kappa shape index (κ2) is 11.1. The van der Waals surface area contributed by atoms with Crippen LogP contribution in [0.5, 0.6) is 0 Å². The second-order valence-electron chi connectivity index (χ2n) is 10.5. The van der Waals surface area contributed by atoms with E-state index in [-0.39, 0.29) is 5.41 Å². The van der Waals surface area contributed by atoms with Crippen molar-refractivity contribution in [2.24, 2.45) is 5.92 Å². The standard InChI is InChI=1S/C33H39N2S2/c1-6-34-30(36-28-18-16-25-12-8-9-14-27(25)24(28)4)22-23(3)15-20-31-35(7-2)32-29(37-31)19-17-26-13-10-11-21-33(26,32)5/h8-20,23,30,34H,6-7,21-22H2,1-5H3/q+1/b20-15+/t23-,30?,33?/m0/s1. The summed E-state index contributed by atoms with van der Waals surface area (Å²) in [4.78, 5) is 2.79. The Bertz CT molecular complexity index is 1410. The van der Waals surface area contributed by atoms with E-state index in [0.717, 1.165) is 25.9 Å². The molecule has 1 aromatic heterocycles. The van der Waals surface area contributed by atoms with Gasteiger partial charge in [-0.2, -0.15) is 4.57 Å². The fourth-order valence-electron chi connectivity index (χ4n) is 5.75. The summed E-state index contributed by atoms with van der Waals surface area (Å²) >= 11 is 3.91. The number of aryl methyl sites for hydroxylation is 1. The zero-order valence-electron chi connectivity index (χ0n) is 22.8. The lowest BCUT2D eigenvalue weighted by molar-refractivity contribution is -0.700. The number of hydrogen-bond donors (Lipinski definition) is 1. The first kappa shape index (κ1) is 26.2. The lowest BCUT2D eigenvalue weighted by atomic mass is 9.71. The van der Waals surface area contributed by atoms with Gasteiger partial charge in [0.2, 0.25) is 5.69 Å². The molecule has 37 heavy (non-hydrogen) atoms. The molecule has 192 valence electrons. The number of rotatable bonds is 9. The zero-order chi connectivity index (χ0) is 26.0. The summed E-state index contributed by atoms with van der Waals surface area (Å²) in [6.07, 6.45) is 18.4. The molecule has 0 spiro atoms. The average molecular weight is 528 g/mol. The molecule has 0 aliphatic heterocycles. The average Bonchev–Trinajstić information content (AvgIpc) is 3.28. The maximum Gasteiger partial charge on any atom is 0.262 e. The van der Waals surface area contributed by atoms with E-state index in [2.05, 4.69) is 123 Å². The predicted molar refractivity (Wildman–Crippen MR) is 163 cm³/mol. The van der Waals surface area contributed by atoms with E-state index in [4.69, 9.17) is 0 Å². The van der Waals surface area contributed by atoms with E-state index in [9.17, 15) is 0 Å². The van der Waals surface area contributed by atoms with Crippen LogP contribution in [0.3, 0.4) is 0 Å². The molecule has 2 aromatic carbocycles. The molecule has 2 unspecified atom stereocenters. The Labute approximate surface area is 230 Å². The van der Waals surface area contributed by atoms with Crippen LogP contribution in [0.25, 0.3) is 22.9 Å². The molecule has 0 saturated heterocycles. The number of hydrogen-bond acceptors (Lipinski definition) is 3. The SMILES string of the molecule is CCNC(C[C@@H](C)/C=C/c1sc2c([n+]1CC)C1(C)CC=CC=C1C=C2)Sc1ccc2ccccc2c1C. The Kier molecular flexibility index (Phi) is 7.90. The van der Waals surface area contributed by atoms with Crippen molar-refractivity contribution < 1.29 is 4.57 Å². The van der Waals surface area contributed by atoms with Gasteiger partial charge in [-0.05, 0) is 80.1 Å². The molecule has 0 saturated carbocycles. The fourth-order valence-corrected chi connectivity index (χ4v) is 8.41. The molecular weight excluding hydrogens is 489 g/mol. The summed E-state index contributed by atoms with van der Waals surface area (Å²) < 4.78 is 2.55. The van der Waals surface area contributed by atoms with Gasteiger partial charge in [0, 0.05) is 11.0 Å². The van der Waals surface area contributed by atoms with Gasteiger partial charge in [-0.3, -0.25) is 0 Å². The van der Waals surface area contributed by atoms with Gasteiger partial charge in [0.25, 0.3) is 5.01 Å². The third kappa shape index (κ3) is 5.16. The van der Waals surface area contributed by atoms with Gasteiger partial charge < -0.3 is 5.32 Å². The van der Waals surface area contributed by atoms with E-state index < -0.39 is 0 Å². The first-order chi connectivity index (χ1) is 17.9. The Balaban J connectivity index is 1.34. The Morgan fingerprint density at radius 2 is 2.00 bits per heavy atom. The van der Waals surface area contributed by atoms with Crippen molar-refractivity contribution in [3.8, 4) is 0 Å². The van der Waals surface area contributed by atoms with Crippen molar-refractivity contribution in [2.75, 3.05) is 6.54 Å². The maximum absolute atomic E-state index is 3.74. The molecule has 4 heteroatoms. The third-order valence-corrected chi connectivity index (χ3v) is 10.3. The highest BCUT2D eigenvalue weighted by atomic mass is 32.2. The van der Waals surface area contributed by atoms with Crippen LogP contribution in [0, 0.1) is 12.8 Å². The molecule has 5 rings (SSSR count). The van der Waals surface area contributed by atoms with Crippen molar-refractivity contribution in [3.63, 3.8) is 0 Å². The van der Waals surface area contributed by atoms with Crippen LogP contribution in [-0.4, -0.2) is 11.9 Å². The quantitative estimate of drug-likeness (QED) is 0.171. The van der Waals surface area contributed by atoms with Crippen LogP contribution in [-0.2, 0) is 12.0 Å². The highest BCUT2D eigenvalue weighted by Crippen LogP contribution is 2.44. The molecule has 0 bridgehead atoms. The normalized spacial score (nSPS) is 20.2. The Morgan fingerprint density at radius 1 is 1.16 bits per heavy atom. The molecule has 1 N–H and O–H groups in total. The zero-order valence-corrected chi connectivity index (χ0v) is 24.4. The molecule has 2 aliphatic carbocycles. The lowest BCUT2D eigenvalue weighted by Crippen LogP contribution is -2.46. The van der Waals surface area contributed by atoms with Gasteiger partial charge in [0.05, 0.1) is 10.8 Å². The number of nitrogens with one attached hydrogen (secondary N) is 1. The lowest BCUT2D eigenvalue weighted by Gasteiger charge is -2.31. The van der Waals surface area contributed by atoms with Gasteiger partial charge in [-0.15, -0.1) is 11.8 Å². The largest absolute Gasteiger partial charge is 0.305 e. The third-order valence-electron chi connectivity index (χ3n) is 7.81. The van der Waals surface area contributed by atoms with Gasteiger partial charge in [0.1, 0.15) is 11.4 Å². The van der Waals surface area contributed by atoms with E-state index in [1.807, 2.05) is 23.1 Å². The Morgan fingerprint density at radius 3 is 2.81 bits per heavy atom. The smallest absolute Gasteiger partial charge is 0.262 e. The monoisotopic (exact) mass is 527 g/mol. The molecule has 3 atom stereocenters. The summed E-state index contributed by atoms with van der Waals surface area (Å²) in [6, 6.07) is 13.3. The molecule has 2 nitrogen and oxygen atoms in total. The van der Waals surface area contributed by atoms with Crippen LogP contribution >= 0.6 is 23.1 Å². The molecule has 3 aromatic rings. The summed E-state index contributed by atoms with van der Waals surface area (Å²) in [6.45, 7) is 13.5. The van der Waals surface area contributed by atoms with Crippen molar-refractivity contribution in [1.82, 2.24) is 5.32 Å². The molecule has 1 heterocycles. The highest BCUT2D eigenvalue weighted by molar-refractivity contribution is 8.00. The van der Waals surface area contributed by atoms with Crippen LogP contribution in [0.15, 0.2) is 77.2 Å². The first-order valence-corrected chi connectivity index (χ1v) is 15.3. The highest BCUT2D eigenvalue weighted by Gasteiger charge is 2.44. The topological polar surface area (TPSA) is 15.9 Å². The minimum absolute atomic E-state index is 0.0769. The van der Waals surface area contributed by atoms with E-state index in [0.29, 0.717) is 11.3 Å². The number of aromatic nitrogens is 1. The van der Waals surface area contributed by atoms with Crippen LogP contribution in [0.2, 0.25) is 0 Å². The van der Waals surface area contributed by atoms with E-state index >= 15 is 0 Å². The van der Waals surface area contributed by atoms with Crippen molar-refractivity contribution in [2.45, 2.75) is 69.7 Å². The Hall–Kier alpha value is -2.40. The minimum Gasteiger partial charge on any atom is -0.305 e. The van der Waals surface area contributed by atoms with Gasteiger partial charge >= 0.3 is 0 Å². The van der Waals surface area contributed by atoms with Crippen LogP contribution < -0.4 is 9.88 Å². The summed E-state index contributed by atoms with van der Waals surface area (Å²) in [5, 5.41) is 8.15. The number of allylic oxidation sites excluding steroid dienone is 6. The van der Waals surface area contributed by atoms with Crippen LogP contribution in [0.1, 0.15) is 61.7 Å². The number of fused-ring (bicyclic) bond motifs is 4. The van der Waals surface area contributed by atoms with E-state index in [1.54, 1.807) is 0 Å². The number of thioether (sulfide) groups is 1. The number of benzene rings is 2. The van der Waals surface area contributed by atoms with Gasteiger partial charge in [0.15, 0.2) is 0 Å². The predicted octanol–water partition coefficient (Wildman–Crippen LogP) is 8.46. The fraction of sp³-hybridized carbons (Fsp3) is 0.364. The van der Waals surface area contributed by atoms with Crippen LogP contribution in [0.4, 0.5) is 0 Å². The molecular formula is C33H39N2S2+. The minimum atomic E-state index is 0.0769. The summed E-state index contributed by atoms with van der Waals surface area (Å²) in [7, 11) is 0. The second-order valence-corrected chi connectivity index (χ2v) is 12.8. The first-order valence-electron chi connectivity index (χ1n) is 13.6. The van der Waals surface area contributed by atoms with Crippen molar-refractivity contribution >= 4 is 46.0 Å². The molecule has 2 aliphatic rings. The number of nitrogens with zero attached hydrogens (tertiary/aromatic N) is 1. The van der Waals surface area contributed by atoms with Crippen molar-refractivity contribution in [1.29, 1.82) is 0 Å². The summed E-state index contributed by atoms with van der Waals surface area (Å²) in [5.41, 5.74) is 4.38. The number of thiazole rings is 1. The maximum atomic E-state index is 3.74. The van der Waals surface area contributed by atoms with E-state index in [1.165, 1.54) is 42.4 Å². The van der Waals surface area contributed by atoms with Gasteiger partial charge in [-0.25, -0.2) is 0 Å². The van der Waals surface area contributed by atoms with Crippen molar-refractivity contribution in [3.05, 3.63) is 93.5 Å². The molecule has 0 fully saturated rings.